The first kappa shape index (κ1) is 16.3. The van der Waals surface area contributed by atoms with Crippen LogP contribution in [0.1, 0.15) is 16.6 Å². The van der Waals surface area contributed by atoms with Gasteiger partial charge in [-0.25, -0.2) is 9.97 Å². The zero-order chi connectivity index (χ0) is 17.3. The first-order valence-electron chi connectivity index (χ1n) is 6.98. The van der Waals surface area contributed by atoms with Gasteiger partial charge in [-0.3, -0.25) is 14.2 Å². The predicted octanol–water partition coefficient (Wildman–Crippen LogP) is 2.69. The number of carbonyl (C=O) groups is 1. The highest BCUT2D eigenvalue weighted by molar-refractivity contribution is 7.09. The molecule has 0 aliphatic carbocycles. The quantitative estimate of drug-likeness (QED) is 0.715. The highest BCUT2D eigenvalue weighted by atomic mass is 35.5. The normalized spacial score (nSPS) is 12.0. The molecule has 8 heteroatoms. The molecule has 0 bridgehead atoms. The fourth-order valence-electron chi connectivity index (χ4n) is 2.27. The van der Waals surface area contributed by atoms with E-state index in [1.807, 2.05) is 6.07 Å². The van der Waals surface area contributed by atoms with Gasteiger partial charge in [-0.15, -0.1) is 11.3 Å². The molecular weight excluding hydrogens is 348 g/mol. The molecule has 0 amide bonds. The molecule has 0 aliphatic rings. The topological polar surface area (TPSA) is 88.6 Å². The molecule has 0 aliphatic heterocycles. The molecule has 1 aromatic carbocycles. The second-order valence-electron chi connectivity index (χ2n) is 5.19. The van der Waals surface area contributed by atoms with Gasteiger partial charge >= 0.3 is 0 Å². The van der Waals surface area contributed by atoms with E-state index in [0.717, 1.165) is 5.69 Å². The number of fused-ring (bicyclic) bond motifs is 1. The van der Waals surface area contributed by atoms with Crippen LogP contribution in [-0.4, -0.2) is 20.3 Å². The first-order valence-corrected chi connectivity index (χ1v) is 8.24. The maximum absolute atomic E-state index is 12.5. The van der Waals surface area contributed by atoms with E-state index in [1.165, 1.54) is 22.2 Å². The number of thiazole rings is 1. The van der Waals surface area contributed by atoms with Crippen molar-refractivity contribution in [3.63, 3.8) is 0 Å². The lowest BCUT2D eigenvalue weighted by Gasteiger charge is -2.08. The van der Waals surface area contributed by atoms with Crippen molar-refractivity contribution >= 4 is 39.6 Å². The Hall–Kier alpha value is -2.56. The van der Waals surface area contributed by atoms with Crippen LogP contribution in [0.4, 0.5) is 0 Å². The number of nitriles is 1. The van der Waals surface area contributed by atoms with Gasteiger partial charge < -0.3 is 0 Å². The molecule has 24 heavy (non-hydrogen) atoms. The summed E-state index contributed by atoms with van der Waals surface area (Å²) < 4.78 is 1.20. The first-order chi connectivity index (χ1) is 11.5. The van der Waals surface area contributed by atoms with Crippen molar-refractivity contribution in [1.82, 2.24) is 14.5 Å². The van der Waals surface area contributed by atoms with E-state index in [4.69, 9.17) is 11.6 Å². The lowest BCUT2D eigenvalue weighted by molar-refractivity contribution is -0.120. The van der Waals surface area contributed by atoms with Crippen LogP contribution in [0, 0.1) is 18.3 Å². The number of hydrogen-bond donors (Lipinski definition) is 0. The molecule has 6 nitrogen and oxygen atoms in total. The number of hydrogen-bond acceptors (Lipinski definition) is 6. The molecule has 0 saturated carbocycles. The van der Waals surface area contributed by atoms with Crippen molar-refractivity contribution in [2.75, 3.05) is 0 Å². The highest BCUT2D eigenvalue weighted by Crippen LogP contribution is 2.21. The summed E-state index contributed by atoms with van der Waals surface area (Å²) in [5.74, 6) is -1.39. The monoisotopic (exact) mass is 358 g/mol. The summed E-state index contributed by atoms with van der Waals surface area (Å²) in [4.78, 5) is 33.2. The SMILES string of the molecule is Cc1csc(C(C#N)C(=O)Cn2cnc3cc(Cl)ccc3c2=O)n1. The molecule has 1 atom stereocenters. The fraction of sp³-hybridized carbons (Fsp3) is 0.188. The zero-order valence-electron chi connectivity index (χ0n) is 12.6. The van der Waals surface area contributed by atoms with E-state index in [0.29, 0.717) is 20.9 Å². The van der Waals surface area contributed by atoms with Crippen molar-refractivity contribution in [3.05, 3.63) is 56.0 Å². The number of Topliss-reactive ketones (excluding diaryl/α,β-unsaturated/α-hetero) is 1. The Morgan fingerprint density at radius 2 is 2.29 bits per heavy atom. The van der Waals surface area contributed by atoms with Crippen LogP contribution in [0.25, 0.3) is 10.9 Å². The van der Waals surface area contributed by atoms with Gasteiger partial charge in [0.1, 0.15) is 5.01 Å². The van der Waals surface area contributed by atoms with Crippen LogP contribution in [0.15, 0.2) is 34.7 Å². The van der Waals surface area contributed by atoms with Gasteiger partial charge in [0, 0.05) is 16.1 Å². The number of aryl methyl sites for hydroxylation is 1. The Morgan fingerprint density at radius 3 is 2.96 bits per heavy atom. The van der Waals surface area contributed by atoms with Gasteiger partial charge in [0.25, 0.3) is 5.56 Å². The summed E-state index contributed by atoms with van der Waals surface area (Å²) in [5, 5.41) is 12.4. The lowest BCUT2D eigenvalue weighted by Crippen LogP contribution is -2.27. The largest absolute Gasteiger partial charge is 0.296 e. The van der Waals surface area contributed by atoms with Crippen LogP contribution >= 0.6 is 22.9 Å². The fourth-order valence-corrected chi connectivity index (χ4v) is 3.30. The Kier molecular flexibility index (Phi) is 4.42. The van der Waals surface area contributed by atoms with Gasteiger partial charge in [0.2, 0.25) is 0 Å². The summed E-state index contributed by atoms with van der Waals surface area (Å²) in [6.07, 6.45) is 1.29. The van der Waals surface area contributed by atoms with Gasteiger partial charge in [-0.05, 0) is 25.1 Å². The molecule has 0 N–H and O–H groups in total. The third kappa shape index (κ3) is 3.07. The van der Waals surface area contributed by atoms with Gasteiger partial charge in [-0.1, -0.05) is 11.6 Å². The molecule has 2 heterocycles. The summed E-state index contributed by atoms with van der Waals surface area (Å²) in [6.45, 7) is 1.56. The molecule has 1 unspecified atom stereocenters. The van der Waals surface area contributed by atoms with Crippen molar-refractivity contribution in [1.29, 1.82) is 5.26 Å². The van der Waals surface area contributed by atoms with Crippen molar-refractivity contribution in [3.8, 4) is 6.07 Å². The minimum Gasteiger partial charge on any atom is -0.296 e. The smallest absolute Gasteiger partial charge is 0.261 e. The number of aromatic nitrogens is 3. The Balaban J connectivity index is 1.93. The summed E-state index contributed by atoms with van der Waals surface area (Å²) >= 11 is 7.14. The molecule has 3 aromatic rings. The van der Waals surface area contributed by atoms with Crippen LogP contribution in [0.3, 0.4) is 0 Å². The number of halogens is 1. The zero-order valence-corrected chi connectivity index (χ0v) is 14.1. The second kappa shape index (κ2) is 6.51. The third-order valence-electron chi connectivity index (χ3n) is 3.45. The third-order valence-corrected chi connectivity index (χ3v) is 4.71. The number of carbonyl (C=O) groups excluding carboxylic acids is 1. The average Bonchev–Trinajstić information content (AvgIpc) is 2.97. The predicted molar refractivity (Wildman–Crippen MR) is 91.2 cm³/mol. The van der Waals surface area contributed by atoms with E-state index in [9.17, 15) is 14.9 Å². The van der Waals surface area contributed by atoms with Crippen LogP contribution in [-0.2, 0) is 11.3 Å². The summed E-state index contributed by atoms with van der Waals surface area (Å²) in [7, 11) is 0. The molecule has 0 radical (unpaired) electrons. The second-order valence-corrected chi connectivity index (χ2v) is 6.52. The minimum absolute atomic E-state index is 0.235. The Labute approximate surface area is 146 Å². The van der Waals surface area contributed by atoms with Gasteiger partial charge in [0.05, 0.1) is 29.8 Å². The van der Waals surface area contributed by atoms with Crippen molar-refractivity contribution < 1.29 is 4.79 Å². The Bertz CT molecular complexity index is 1030. The Morgan fingerprint density at radius 1 is 1.50 bits per heavy atom. The summed E-state index contributed by atoms with van der Waals surface area (Å²) in [6, 6.07) is 6.71. The van der Waals surface area contributed by atoms with Crippen LogP contribution in [0.5, 0.6) is 0 Å². The van der Waals surface area contributed by atoms with E-state index in [2.05, 4.69) is 9.97 Å². The molecule has 0 fully saturated rings. The lowest BCUT2D eigenvalue weighted by atomic mass is 10.1. The number of benzene rings is 1. The van der Waals surface area contributed by atoms with Gasteiger partial charge in [0.15, 0.2) is 11.7 Å². The number of nitrogens with zero attached hydrogens (tertiary/aromatic N) is 4. The number of ketones is 1. The summed E-state index contributed by atoms with van der Waals surface area (Å²) in [5.41, 5.74) is 0.866. The van der Waals surface area contributed by atoms with Crippen LogP contribution < -0.4 is 5.56 Å². The molecule has 0 spiro atoms. The van der Waals surface area contributed by atoms with E-state index in [1.54, 1.807) is 30.5 Å². The molecule has 120 valence electrons. The van der Waals surface area contributed by atoms with Crippen LogP contribution in [0.2, 0.25) is 5.02 Å². The molecule has 3 rings (SSSR count). The standard InChI is InChI=1S/C16H11ClN4O2S/c1-9-7-24-15(20-9)12(5-18)14(22)6-21-8-19-13-4-10(17)2-3-11(13)16(21)23/h2-4,7-8,12H,6H2,1H3. The molecule has 2 aromatic heterocycles. The average molecular weight is 359 g/mol. The van der Waals surface area contributed by atoms with E-state index >= 15 is 0 Å². The molecular formula is C16H11ClN4O2S. The maximum atomic E-state index is 12.5. The minimum atomic E-state index is -0.989. The van der Waals surface area contributed by atoms with Gasteiger partial charge in [-0.2, -0.15) is 5.26 Å². The van der Waals surface area contributed by atoms with Crippen molar-refractivity contribution in [2.24, 2.45) is 0 Å². The number of rotatable bonds is 4. The molecule has 0 saturated heterocycles. The highest BCUT2D eigenvalue weighted by Gasteiger charge is 2.24. The van der Waals surface area contributed by atoms with E-state index < -0.39 is 11.7 Å². The van der Waals surface area contributed by atoms with Crippen molar-refractivity contribution in [2.45, 2.75) is 19.4 Å². The van der Waals surface area contributed by atoms with E-state index in [-0.39, 0.29) is 12.1 Å². The maximum Gasteiger partial charge on any atom is 0.261 e.